The number of nitrogens with zero attached hydrogens (tertiary/aromatic N) is 1. The average molecular weight is 221 g/mol. The Morgan fingerprint density at radius 1 is 1.08 bits per heavy atom. The van der Waals surface area contributed by atoms with Gasteiger partial charge in [0, 0.05) is 12.3 Å². The first kappa shape index (κ1) is 13.7. The van der Waals surface area contributed by atoms with E-state index in [9.17, 15) is 0 Å². The molecule has 0 radical (unpaired) electrons. The smallest absolute Gasteiger partial charge is 0.00721 e. The maximum atomic E-state index is 2.50. The van der Waals surface area contributed by atoms with E-state index in [1.165, 1.54) is 52.0 Å². The van der Waals surface area contributed by atoms with Crippen molar-refractivity contribution in [2.24, 2.45) is 0 Å². The Morgan fingerprint density at radius 2 is 1.77 bits per heavy atom. The van der Waals surface area contributed by atoms with E-state index in [1.807, 2.05) is 0 Å². The standard InChI is InChI=1S/C10H24NPS/c1-4-11(5-2)7-9-13-10-8-12-6-3/h12H,4-10H2,1-3H3. The van der Waals surface area contributed by atoms with E-state index in [0.717, 1.165) is 0 Å². The molecule has 0 rings (SSSR count). The van der Waals surface area contributed by atoms with Crippen LogP contribution >= 0.6 is 20.3 Å². The summed E-state index contributed by atoms with van der Waals surface area (Å²) >= 11 is 2.12. The molecule has 3 heteroatoms. The van der Waals surface area contributed by atoms with Crippen molar-refractivity contribution in [3.05, 3.63) is 0 Å². The first-order chi connectivity index (χ1) is 6.35. The Balaban J connectivity index is 3.05. The lowest BCUT2D eigenvalue weighted by Gasteiger charge is -2.17. The molecule has 1 atom stereocenters. The maximum Gasteiger partial charge on any atom is 0.00721 e. The van der Waals surface area contributed by atoms with Gasteiger partial charge in [-0.2, -0.15) is 11.8 Å². The van der Waals surface area contributed by atoms with Crippen molar-refractivity contribution in [3.63, 3.8) is 0 Å². The predicted molar refractivity (Wildman–Crippen MR) is 68.8 cm³/mol. The fraction of sp³-hybridized carbons (Fsp3) is 1.00. The second-order valence-corrected chi connectivity index (χ2v) is 5.92. The van der Waals surface area contributed by atoms with Crippen molar-refractivity contribution in [1.82, 2.24) is 4.90 Å². The molecule has 0 spiro atoms. The third-order valence-corrected chi connectivity index (χ3v) is 4.55. The van der Waals surface area contributed by atoms with Crippen molar-refractivity contribution in [3.8, 4) is 0 Å². The van der Waals surface area contributed by atoms with Crippen LogP contribution in [-0.4, -0.2) is 48.4 Å². The minimum absolute atomic E-state index is 1.19. The largest absolute Gasteiger partial charge is 0.303 e. The van der Waals surface area contributed by atoms with Crippen LogP contribution < -0.4 is 0 Å². The lowest BCUT2D eigenvalue weighted by molar-refractivity contribution is 0.324. The molecule has 0 aromatic carbocycles. The summed E-state index contributed by atoms with van der Waals surface area (Å²) in [5, 5.41) is 0. The predicted octanol–water partition coefficient (Wildman–Crippen LogP) is 2.76. The normalized spacial score (nSPS) is 12.0. The molecule has 0 saturated carbocycles. The van der Waals surface area contributed by atoms with Gasteiger partial charge in [0.15, 0.2) is 0 Å². The molecule has 0 heterocycles. The molecule has 0 bridgehead atoms. The van der Waals surface area contributed by atoms with Gasteiger partial charge in [0.1, 0.15) is 0 Å². The molecule has 0 aromatic heterocycles. The third-order valence-electron chi connectivity index (χ3n) is 2.12. The van der Waals surface area contributed by atoms with Gasteiger partial charge in [-0.3, -0.25) is 0 Å². The van der Waals surface area contributed by atoms with Crippen LogP contribution in [0.1, 0.15) is 20.8 Å². The number of hydrogen-bond acceptors (Lipinski definition) is 2. The quantitative estimate of drug-likeness (QED) is 0.435. The second kappa shape index (κ2) is 10.8. The van der Waals surface area contributed by atoms with Crippen LogP contribution in [0.25, 0.3) is 0 Å². The van der Waals surface area contributed by atoms with Crippen LogP contribution in [0, 0.1) is 0 Å². The SMILES string of the molecule is CCPCCSCCN(CC)CC. The van der Waals surface area contributed by atoms with Crippen molar-refractivity contribution in [2.45, 2.75) is 20.8 Å². The van der Waals surface area contributed by atoms with Crippen LogP contribution in [0.2, 0.25) is 0 Å². The Labute approximate surface area is 89.8 Å². The highest BCUT2D eigenvalue weighted by atomic mass is 32.2. The van der Waals surface area contributed by atoms with Gasteiger partial charge in [-0.25, -0.2) is 0 Å². The summed E-state index contributed by atoms with van der Waals surface area (Å²) in [5.74, 6) is 2.68. The molecule has 13 heavy (non-hydrogen) atoms. The molecule has 80 valence electrons. The summed E-state index contributed by atoms with van der Waals surface area (Å²) in [6.45, 7) is 10.4. The Kier molecular flexibility index (Phi) is 11.4. The molecule has 0 N–H and O–H groups in total. The first-order valence-electron chi connectivity index (χ1n) is 5.35. The van der Waals surface area contributed by atoms with Crippen LogP contribution in [-0.2, 0) is 0 Å². The van der Waals surface area contributed by atoms with Gasteiger partial charge >= 0.3 is 0 Å². The topological polar surface area (TPSA) is 3.24 Å². The van der Waals surface area contributed by atoms with Gasteiger partial charge < -0.3 is 4.90 Å². The molecule has 1 nitrogen and oxygen atoms in total. The molecular formula is C10H24NPS. The van der Waals surface area contributed by atoms with E-state index in [1.54, 1.807) is 0 Å². The van der Waals surface area contributed by atoms with E-state index in [4.69, 9.17) is 0 Å². The zero-order valence-corrected chi connectivity index (χ0v) is 11.1. The van der Waals surface area contributed by atoms with E-state index in [0.29, 0.717) is 0 Å². The maximum absolute atomic E-state index is 2.50. The third kappa shape index (κ3) is 9.05. The highest BCUT2D eigenvalue weighted by Gasteiger charge is 1.97. The Hall–Kier alpha value is 0.740. The van der Waals surface area contributed by atoms with Gasteiger partial charge in [0.25, 0.3) is 0 Å². The summed E-state index contributed by atoms with van der Waals surface area (Å²) in [7, 11) is 1.19. The minimum atomic E-state index is 1.19. The zero-order valence-electron chi connectivity index (χ0n) is 9.31. The van der Waals surface area contributed by atoms with Crippen LogP contribution in [0.3, 0.4) is 0 Å². The van der Waals surface area contributed by atoms with Crippen LogP contribution in [0.5, 0.6) is 0 Å². The molecule has 0 aliphatic heterocycles. The van der Waals surface area contributed by atoms with E-state index in [2.05, 4.69) is 37.4 Å². The van der Waals surface area contributed by atoms with Gasteiger partial charge in [-0.05, 0) is 31.2 Å². The van der Waals surface area contributed by atoms with E-state index < -0.39 is 0 Å². The minimum Gasteiger partial charge on any atom is -0.303 e. The van der Waals surface area contributed by atoms with Gasteiger partial charge in [0.05, 0.1) is 0 Å². The number of hydrogen-bond donors (Lipinski definition) is 0. The van der Waals surface area contributed by atoms with Gasteiger partial charge in [-0.15, -0.1) is 8.58 Å². The Morgan fingerprint density at radius 3 is 2.31 bits per heavy atom. The van der Waals surface area contributed by atoms with E-state index in [-0.39, 0.29) is 0 Å². The molecule has 0 aromatic rings. The van der Waals surface area contributed by atoms with Crippen molar-refractivity contribution >= 4 is 20.3 Å². The number of thioether (sulfide) groups is 1. The van der Waals surface area contributed by atoms with Crippen molar-refractivity contribution in [2.75, 3.05) is 43.5 Å². The van der Waals surface area contributed by atoms with Crippen LogP contribution in [0.4, 0.5) is 0 Å². The fourth-order valence-electron chi connectivity index (χ4n) is 1.16. The number of rotatable bonds is 9. The molecule has 0 aliphatic rings. The lowest BCUT2D eigenvalue weighted by atomic mass is 10.5. The molecule has 0 saturated heterocycles. The zero-order chi connectivity index (χ0) is 9.94. The monoisotopic (exact) mass is 221 g/mol. The summed E-state index contributed by atoms with van der Waals surface area (Å²) in [4.78, 5) is 2.50. The Bertz CT molecular complexity index is 96.9. The van der Waals surface area contributed by atoms with Crippen LogP contribution in [0.15, 0.2) is 0 Å². The summed E-state index contributed by atoms with van der Waals surface area (Å²) in [6, 6.07) is 0. The average Bonchev–Trinajstić information content (AvgIpc) is 2.17. The van der Waals surface area contributed by atoms with E-state index >= 15 is 0 Å². The van der Waals surface area contributed by atoms with Gasteiger partial charge in [-0.1, -0.05) is 20.8 Å². The summed E-state index contributed by atoms with van der Waals surface area (Å²) < 4.78 is 0. The lowest BCUT2D eigenvalue weighted by Crippen LogP contribution is -2.25. The second-order valence-electron chi connectivity index (χ2n) is 2.99. The highest BCUT2D eigenvalue weighted by molar-refractivity contribution is 7.99. The molecule has 0 amide bonds. The molecule has 0 aliphatic carbocycles. The first-order valence-corrected chi connectivity index (χ1v) is 7.92. The fourth-order valence-corrected chi connectivity index (χ4v) is 3.26. The van der Waals surface area contributed by atoms with Crippen molar-refractivity contribution in [1.29, 1.82) is 0 Å². The summed E-state index contributed by atoms with van der Waals surface area (Å²) in [5.41, 5.74) is 0. The molecule has 0 fully saturated rings. The highest BCUT2D eigenvalue weighted by Crippen LogP contribution is 2.11. The summed E-state index contributed by atoms with van der Waals surface area (Å²) in [6.07, 6.45) is 2.80. The molecular weight excluding hydrogens is 197 g/mol. The van der Waals surface area contributed by atoms with Gasteiger partial charge in [0.2, 0.25) is 0 Å². The molecule has 1 unspecified atom stereocenters. The van der Waals surface area contributed by atoms with Crippen molar-refractivity contribution < 1.29 is 0 Å².